The first kappa shape index (κ1) is 10.4. The van der Waals surface area contributed by atoms with E-state index in [4.69, 9.17) is 16.3 Å². The number of carbonyl (C=O) groups is 1. The van der Waals surface area contributed by atoms with Gasteiger partial charge in [-0.15, -0.1) is 11.3 Å². The summed E-state index contributed by atoms with van der Waals surface area (Å²) in [5.41, 5.74) is 0. The summed E-state index contributed by atoms with van der Waals surface area (Å²) >= 11 is 7.37. The molecule has 0 aliphatic heterocycles. The Morgan fingerprint density at radius 2 is 2.47 bits per heavy atom. The lowest BCUT2D eigenvalue weighted by atomic mass is 10.3. The smallest absolute Gasteiger partial charge is 0.349 e. The van der Waals surface area contributed by atoms with E-state index in [0.29, 0.717) is 16.5 Å². The summed E-state index contributed by atoms with van der Waals surface area (Å²) in [5.74, 6) is -0.372. The van der Waals surface area contributed by atoms with Crippen molar-refractivity contribution in [2.24, 2.45) is 0 Å². The maximum atomic E-state index is 11.5. The maximum absolute atomic E-state index is 11.5. The first-order valence-electron chi connectivity index (χ1n) is 4.43. The molecule has 0 bridgehead atoms. The average molecular weight is 242 g/mol. The first-order valence-corrected chi connectivity index (χ1v) is 5.62. The number of nitrogens with zero attached hydrogens (tertiary/aromatic N) is 1. The van der Waals surface area contributed by atoms with Crippen molar-refractivity contribution in [1.82, 2.24) is 4.98 Å². The molecule has 3 nitrogen and oxygen atoms in total. The number of carbonyl (C=O) groups excluding carboxylic acids is 1. The normalized spacial score (nSPS) is 10.5. The van der Waals surface area contributed by atoms with Gasteiger partial charge in [0.2, 0.25) is 0 Å². The summed E-state index contributed by atoms with van der Waals surface area (Å²) in [6.07, 6.45) is 3.34. The van der Waals surface area contributed by atoms with Crippen LogP contribution < -0.4 is 0 Å². The van der Waals surface area contributed by atoms with Crippen molar-refractivity contribution in [3.05, 3.63) is 28.4 Å². The topological polar surface area (TPSA) is 39.2 Å². The molecular weight excluding hydrogens is 234 g/mol. The van der Waals surface area contributed by atoms with Crippen molar-refractivity contribution in [2.45, 2.75) is 6.92 Å². The number of hydrogen-bond donors (Lipinski definition) is 0. The van der Waals surface area contributed by atoms with Gasteiger partial charge in [0.1, 0.15) is 4.88 Å². The monoisotopic (exact) mass is 241 g/mol. The maximum Gasteiger partial charge on any atom is 0.349 e. The minimum absolute atomic E-state index is 0.349. The van der Waals surface area contributed by atoms with E-state index >= 15 is 0 Å². The van der Waals surface area contributed by atoms with E-state index in [9.17, 15) is 4.79 Å². The third-order valence-electron chi connectivity index (χ3n) is 1.89. The summed E-state index contributed by atoms with van der Waals surface area (Å²) < 4.78 is 5.80. The highest BCUT2D eigenvalue weighted by atomic mass is 35.5. The van der Waals surface area contributed by atoms with Gasteiger partial charge in [0.25, 0.3) is 0 Å². The second kappa shape index (κ2) is 4.16. The lowest BCUT2D eigenvalue weighted by Gasteiger charge is -1.97. The molecule has 0 aliphatic rings. The highest BCUT2D eigenvalue weighted by Crippen LogP contribution is 2.34. The summed E-state index contributed by atoms with van der Waals surface area (Å²) in [6.45, 7) is 2.11. The molecule has 0 radical (unpaired) electrons. The second-order valence-corrected chi connectivity index (χ2v) is 4.27. The number of thiophene rings is 1. The van der Waals surface area contributed by atoms with Gasteiger partial charge in [-0.05, 0) is 13.0 Å². The van der Waals surface area contributed by atoms with Gasteiger partial charge in [-0.3, -0.25) is 4.98 Å². The molecule has 0 saturated heterocycles. The molecular formula is C10H8ClNO2S. The predicted molar refractivity (Wildman–Crippen MR) is 60.6 cm³/mol. The molecule has 2 aromatic heterocycles. The zero-order valence-corrected chi connectivity index (χ0v) is 9.56. The van der Waals surface area contributed by atoms with Crippen LogP contribution in [-0.4, -0.2) is 17.6 Å². The van der Waals surface area contributed by atoms with Gasteiger partial charge >= 0.3 is 5.97 Å². The summed E-state index contributed by atoms with van der Waals surface area (Å²) in [4.78, 5) is 15.9. The molecule has 0 amide bonds. The van der Waals surface area contributed by atoms with Crippen LogP contribution in [0.2, 0.25) is 5.02 Å². The number of fused-ring (bicyclic) bond motifs is 1. The first-order chi connectivity index (χ1) is 7.24. The molecule has 5 heteroatoms. The Kier molecular flexibility index (Phi) is 2.88. The molecule has 0 atom stereocenters. The number of aromatic nitrogens is 1. The van der Waals surface area contributed by atoms with E-state index in [1.54, 1.807) is 25.4 Å². The summed E-state index contributed by atoms with van der Waals surface area (Å²) in [7, 11) is 0. The molecule has 0 saturated carbocycles. The molecule has 78 valence electrons. The minimum atomic E-state index is -0.372. The molecule has 15 heavy (non-hydrogen) atoms. The van der Waals surface area contributed by atoms with Crippen LogP contribution in [0.25, 0.3) is 10.1 Å². The quantitative estimate of drug-likeness (QED) is 0.759. The lowest BCUT2D eigenvalue weighted by Crippen LogP contribution is -2.02. The van der Waals surface area contributed by atoms with Crippen LogP contribution in [0.5, 0.6) is 0 Å². The molecule has 0 N–H and O–H groups in total. The third kappa shape index (κ3) is 1.82. The number of ether oxygens (including phenoxy) is 1. The zero-order valence-electron chi connectivity index (χ0n) is 7.99. The Bertz CT molecular complexity index is 509. The predicted octanol–water partition coefficient (Wildman–Crippen LogP) is 3.13. The van der Waals surface area contributed by atoms with E-state index in [-0.39, 0.29) is 5.97 Å². The highest BCUT2D eigenvalue weighted by molar-refractivity contribution is 7.21. The van der Waals surface area contributed by atoms with Crippen LogP contribution in [0.15, 0.2) is 18.5 Å². The van der Waals surface area contributed by atoms with Crippen molar-refractivity contribution in [1.29, 1.82) is 0 Å². The van der Waals surface area contributed by atoms with Gasteiger partial charge in [0, 0.05) is 17.8 Å². The number of pyridine rings is 1. The fourth-order valence-electron chi connectivity index (χ4n) is 1.25. The molecule has 2 aromatic rings. The van der Waals surface area contributed by atoms with Crippen molar-refractivity contribution in [3.8, 4) is 0 Å². The molecule has 2 heterocycles. The van der Waals surface area contributed by atoms with Crippen LogP contribution in [0, 0.1) is 0 Å². The van der Waals surface area contributed by atoms with Crippen molar-refractivity contribution >= 4 is 39.0 Å². The summed E-state index contributed by atoms with van der Waals surface area (Å²) in [6, 6.07) is 1.79. The largest absolute Gasteiger partial charge is 0.462 e. The van der Waals surface area contributed by atoms with E-state index < -0.39 is 0 Å². The Labute approximate surface area is 95.6 Å². The van der Waals surface area contributed by atoms with Gasteiger partial charge in [0.15, 0.2) is 0 Å². The van der Waals surface area contributed by atoms with Crippen LogP contribution in [0.4, 0.5) is 0 Å². The van der Waals surface area contributed by atoms with Crippen molar-refractivity contribution < 1.29 is 9.53 Å². The molecule has 0 unspecified atom stereocenters. The van der Waals surface area contributed by atoms with Crippen molar-refractivity contribution in [3.63, 3.8) is 0 Å². The summed E-state index contributed by atoms with van der Waals surface area (Å²) in [5, 5.41) is 1.30. The Morgan fingerprint density at radius 3 is 3.13 bits per heavy atom. The standard InChI is InChI=1S/C10H8ClNO2S/c1-2-14-10(13)9-8(11)6-3-4-12-5-7(6)15-9/h3-5H,2H2,1H3. The molecule has 2 rings (SSSR count). The molecule has 0 fully saturated rings. The van der Waals surface area contributed by atoms with Crippen molar-refractivity contribution in [2.75, 3.05) is 6.61 Å². The van der Waals surface area contributed by atoms with Crippen LogP contribution in [0.1, 0.15) is 16.6 Å². The van der Waals surface area contributed by atoms with E-state index in [2.05, 4.69) is 4.98 Å². The Hall–Kier alpha value is -1.13. The van der Waals surface area contributed by atoms with Gasteiger partial charge in [0.05, 0.1) is 16.3 Å². The third-order valence-corrected chi connectivity index (χ3v) is 3.52. The van der Waals surface area contributed by atoms with Crippen LogP contribution in [-0.2, 0) is 4.74 Å². The van der Waals surface area contributed by atoms with Crippen LogP contribution in [0.3, 0.4) is 0 Å². The molecule has 0 aromatic carbocycles. The van der Waals surface area contributed by atoms with Crippen LogP contribution >= 0.6 is 22.9 Å². The zero-order chi connectivity index (χ0) is 10.8. The van der Waals surface area contributed by atoms with E-state index in [0.717, 1.165) is 10.1 Å². The fraction of sp³-hybridized carbons (Fsp3) is 0.200. The Balaban J connectivity index is 2.53. The Morgan fingerprint density at radius 1 is 1.67 bits per heavy atom. The average Bonchev–Trinajstić information content (AvgIpc) is 2.57. The van der Waals surface area contributed by atoms with Gasteiger partial charge in [-0.25, -0.2) is 4.79 Å². The van der Waals surface area contributed by atoms with E-state index in [1.165, 1.54) is 11.3 Å². The molecule has 0 aliphatic carbocycles. The lowest BCUT2D eigenvalue weighted by molar-refractivity contribution is 0.0532. The van der Waals surface area contributed by atoms with Gasteiger partial charge in [-0.1, -0.05) is 11.6 Å². The fourth-order valence-corrected chi connectivity index (χ4v) is 2.62. The molecule has 0 spiro atoms. The van der Waals surface area contributed by atoms with Gasteiger partial charge in [-0.2, -0.15) is 0 Å². The number of rotatable bonds is 2. The number of halogens is 1. The second-order valence-electron chi connectivity index (χ2n) is 2.84. The highest BCUT2D eigenvalue weighted by Gasteiger charge is 2.17. The number of hydrogen-bond acceptors (Lipinski definition) is 4. The SMILES string of the molecule is CCOC(=O)c1sc2cnccc2c1Cl. The van der Waals surface area contributed by atoms with Gasteiger partial charge < -0.3 is 4.74 Å². The number of esters is 1. The minimum Gasteiger partial charge on any atom is -0.462 e. The van der Waals surface area contributed by atoms with E-state index in [1.807, 2.05) is 0 Å².